The van der Waals surface area contributed by atoms with Crippen LogP contribution in [0.5, 0.6) is 0 Å². The van der Waals surface area contributed by atoms with Crippen LogP contribution in [0.25, 0.3) is 21.8 Å². The zero-order valence-corrected chi connectivity index (χ0v) is 15.2. The van der Waals surface area contributed by atoms with Crippen LogP contribution < -0.4 is 10.6 Å². The molecule has 7 nitrogen and oxygen atoms in total. The lowest BCUT2D eigenvalue weighted by Crippen LogP contribution is -2.15. The quantitative estimate of drug-likeness (QED) is 0.591. The molecule has 0 spiro atoms. The van der Waals surface area contributed by atoms with Crippen LogP contribution in [0.1, 0.15) is 0 Å². The van der Waals surface area contributed by atoms with E-state index in [9.17, 15) is 0 Å². The summed E-state index contributed by atoms with van der Waals surface area (Å²) in [5, 5.41) is 9.14. The number of pyridine rings is 2. The average Bonchev–Trinajstić information content (AvgIpc) is 2.73. The molecule has 0 amide bonds. The van der Waals surface area contributed by atoms with E-state index in [1.165, 1.54) is 0 Å². The summed E-state index contributed by atoms with van der Waals surface area (Å²) in [4.78, 5) is 9.17. The minimum absolute atomic E-state index is 0.580. The van der Waals surface area contributed by atoms with E-state index in [-0.39, 0.29) is 0 Å². The Morgan fingerprint density at radius 1 is 0.630 bits per heavy atom. The van der Waals surface area contributed by atoms with Gasteiger partial charge in [-0.3, -0.25) is 9.97 Å². The second kappa shape index (κ2) is 8.94. The number of ether oxygens (including phenoxy) is 3. The van der Waals surface area contributed by atoms with Gasteiger partial charge in [0.25, 0.3) is 0 Å². The predicted molar refractivity (Wildman–Crippen MR) is 106 cm³/mol. The van der Waals surface area contributed by atoms with Crippen LogP contribution >= 0.6 is 0 Å². The molecule has 0 bridgehead atoms. The van der Waals surface area contributed by atoms with E-state index in [1.54, 1.807) is 12.4 Å². The van der Waals surface area contributed by atoms with Crippen molar-refractivity contribution in [2.45, 2.75) is 0 Å². The van der Waals surface area contributed by atoms with Crippen molar-refractivity contribution in [2.24, 2.45) is 0 Å². The van der Waals surface area contributed by atoms with Crippen molar-refractivity contribution in [2.75, 3.05) is 63.4 Å². The van der Waals surface area contributed by atoms with Crippen molar-refractivity contribution in [3.8, 4) is 0 Å². The van der Waals surface area contributed by atoms with Crippen LogP contribution in [0.4, 0.5) is 11.4 Å². The van der Waals surface area contributed by atoms with Gasteiger partial charge in [0.1, 0.15) is 0 Å². The molecule has 1 aliphatic heterocycles. The Balaban J connectivity index is 1.75. The van der Waals surface area contributed by atoms with E-state index in [1.807, 2.05) is 12.1 Å². The summed E-state index contributed by atoms with van der Waals surface area (Å²) < 4.78 is 16.8. The molecule has 0 aliphatic carbocycles. The summed E-state index contributed by atoms with van der Waals surface area (Å²) in [6.07, 6.45) is 3.61. The molecule has 0 radical (unpaired) electrons. The fourth-order valence-corrected chi connectivity index (χ4v) is 3.27. The molecular formula is C20H24N4O3. The molecule has 1 aromatic carbocycles. The first-order valence-electron chi connectivity index (χ1n) is 9.31. The molecule has 3 aromatic rings. The zero-order chi connectivity index (χ0) is 18.3. The van der Waals surface area contributed by atoms with Gasteiger partial charge < -0.3 is 24.8 Å². The normalized spacial score (nSPS) is 17.3. The van der Waals surface area contributed by atoms with Gasteiger partial charge in [-0.15, -0.1) is 0 Å². The fourth-order valence-electron chi connectivity index (χ4n) is 3.27. The van der Waals surface area contributed by atoms with E-state index in [2.05, 4.69) is 32.7 Å². The highest BCUT2D eigenvalue weighted by Gasteiger charge is 2.15. The number of rotatable bonds is 0. The number of anilines is 2. The standard InChI is InChI=1S/C20H24N4O3/c1-3-15-17(21-5-1)18-16(4-2-6-22-18)20-19(15)23-7-9-25-11-13-27-14-12-26-10-8-24-20/h1-6,23-24H,7-14H2. The van der Waals surface area contributed by atoms with Crippen molar-refractivity contribution >= 4 is 33.2 Å². The Kier molecular flexibility index (Phi) is 5.93. The average molecular weight is 368 g/mol. The van der Waals surface area contributed by atoms with Gasteiger partial charge in [-0.05, 0) is 24.3 Å². The number of nitrogens with zero attached hydrogens (tertiary/aromatic N) is 2. The Labute approximate surface area is 158 Å². The van der Waals surface area contributed by atoms with Gasteiger partial charge in [0, 0.05) is 36.3 Å². The summed E-state index contributed by atoms with van der Waals surface area (Å²) in [6.45, 7) is 4.93. The Morgan fingerprint density at radius 2 is 1.07 bits per heavy atom. The van der Waals surface area contributed by atoms with E-state index in [0.29, 0.717) is 52.7 Å². The van der Waals surface area contributed by atoms with Crippen LogP contribution in [0.2, 0.25) is 0 Å². The highest BCUT2D eigenvalue weighted by atomic mass is 16.5. The third-order valence-electron chi connectivity index (χ3n) is 4.47. The lowest BCUT2D eigenvalue weighted by Gasteiger charge is -2.19. The number of nitrogens with one attached hydrogen (secondary N) is 2. The largest absolute Gasteiger partial charge is 0.380 e. The number of hydrogen-bond acceptors (Lipinski definition) is 7. The number of benzene rings is 1. The Morgan fingerprint density at radius 3 is 1.56 bits per heavy atom. The third kappa shape index (κ3) is 4.10. The zero-order valence-electron chi connectivity index (χ0n) is 15.2. The van der Waals surface area contributed by atoms with Crippen LogP contribution in [0.15, 0.2) is 36.7 Å². The molecular weight excluding hydrogens is 344 g/mol. The molecule has 0 fully saturated rings. The molecule has 2 N–H and O–H groups in total. The molecule has 142 valence electrons. The predicted octanol–water partition coefficient (Wildman–Crippen LogP) is 2.67. The van der Waals surface area contributed by atoms with E-state index < -0.39 is 0 Å². The summed E-state index contributed by atoms with van der Waals surface area (Å²) in [5.74, 6) is 0. The fraction of sp³-hybridized carbons (Fsp3) is 0.400. The molecule has 0 saturated carbocycles. The van der Waals surface area contributed by atoms with Crippen LogP contribution in [0, 0.1) is 0 Å². The first-order valence-corrected chi connectivity index (χ1v) is 9.31. The van der Waals surface area contributed by atoms with Gasteiger partial charge in [0.15, 0.2) is 0 Å². The minimum atomic E-state index is 0.580. The van der Waals surface area contributed by atoms with E-state index in [4.69, 9.17) is 14.2 Å². The van der Waals surface area contributed by atoms with Crippen molar-refractivity contribution in [1.82, 2.24) is 9.97 Å². The van der Waals surface area contributed by atoms with Crippen LogP contribution in [-0.4, -0.2) is 62.7 Å². The first kappa shape index (κ1) is 17.9. The number of fused-ring (bicyclic) bond motifs is 6. The Hall–Kier alpha value is -2.48. The summed E-state index contributed by atoms with van der Waals surface area (Å²) in [6, 6.07) is 8.05. The number of hydrogen-bond donors (Lipinski definition) is 2. The molecule has 0 atom stereocenters. The minimum Gasteiger partial charge on any atom is -0.380 e. The molecule has 0 unspecified atom stereocenters. The molecule has 27 heavy (non-hydrogen) atoms. The summed E-state index contributed by atoms with van der Waals surface area (Å²) in [7, 11) is 0. The summed E-state index contributed by atoms with van der Waals surface area (Å²) >= 11 is 0. The second-order valence-corrected chi connectivity index (χ2v) is 6.24. The highest BCUT2D eigenvalue weighted by molar-refractivity contribution is 6.17. The molecule has 2 aromatic heterocycles. The van der Waals surface area contributed by atoms with Crippen molar-refractivity contribution in [1.29, 1.82) is 0 Å². The topological polar surface area (TPSA) is 77.5 Å². The first-order chi connectivity index (χ1) is 13.4. The van der Waals surface area contributed by atoms with Crippen molar-refractivity contribution in [3.63, 3.8) is 0 Å². The smallest absolute Gasteiger partial charge is 0.0986 e. The van der Waals surface area contributed by atoms with E-state index in [0.717, 1.165) is 33.2 Å². The maximum Gasteiger partial charge on any atom is 0.0986 e. The maximum atomic E-state index is 5.65. The van der Waals surface area contributed by atoms with Crippen LogP contribution in [-0.2, 0) is 14.2 Å². The van der Waals surface area contributed by atoms with Gasteiger partial charge in [-0.1, -0.05) is 0 Å². The lowest BCUT2D eigenvalue weighted by atomic mass is 10.1. The SMILES string of the molecule is c1cnc2c(c1)c1c(c3cccnc32)NCCOCCOCCOCCN1. The van der Waals surface area contributed by atoms with Gasteiger partial charge in [0.05, 0.1) is 62.0 Å². The van der Waals surface area contributed by atoms with Gasteiger partial charge in [-0.25, -0.2) is 0 Å². The molecule has 3 heterocycles. The highest BCUT2D eigenvalue weighted by Crippen LogP contribution is 2.38. The number of aromatic nitrogens is 2. The van der Waals surface area contributed by atoms with Crippen LogP contribution in [0.3, 0.4) is 0 Å². The molecule has 0 saturated heterocycles. The van der Waals surface area contributed by atoms with E-state index >= 15 is 0 Å². The van der Waals surface area contributed by atoms with Gasteiger partial charge in [0.2, 0.25) is 0 Å². The monoisotopic (exact) mass is 368 g/mol. The molecule has 4 rings (SSSR count). The maximum absolute atomic E-state index is 5.65. The van der Waals surface area contributed by atoms with Crippen molar-refractivity contribution in [3.05, 3.63) is 36.7 Å². The lowest BCUT2D eigenvalue weighted by molar-refractivity contribution is 0.0184. The summed E-state index contributed by atoms with van der Waals surface area (Å²) in [5.41, 5.74) is 3.83. The second-order valence-electron chi connectivity index (χ2n) is 6.24. The molecule has 1 aliphatic rings. The Bertz CT molecular complexity index is 830. The van der Waals surface area contributed by atoms with Gasteiger partial charge >= 0.3 is 0 Å². The third-order valence-corrected chi connectivity index (χ3v) is 4.47. The van der Waals surface area contributed by atoms with Crippen molar-refractivity contribution < 1.29 is 14.2 Å². The van der Waals surface area contributed by atoms with Gasteiger partial charge in [-0.2, -0.15) is 0 Å². The molecule has 7 heteroatoms.